The van der Waals surface area contributed by atoms with E-state index in [0.717, 1.165) is 47.2 Å². The van der Waals surface area contributed by atoms with Gasteiger partial charge in [0.15, 0.2) is 5.82 Å². The largest absolute Gasteiger partial charge is 0.465 e. The lowest BCUT2D eigenvalue weighted by Gasteiger charge is -2.25. The number of hydrogen-bond donors (Lipinski definition) is 0. The number of rotatable bonds is 3. The number of ether oxygens (including phenoxy) is 1. The minimum atomic E-state index is -0.469. The summed E-state index contributed by atoms with van der Waals surface area (Å²) in [6.07, 6.45) is 3.68. The zero-order valence-electron chi connectivity index (χ0n) is 17.5. The number of nitrogens with zero attached hydrogens (tertiary/aromatic N) is 6. The number of halogens is 1. The molecule has 8 nitrogen and oxygen atoms in total. The fraction of sp³-hybridized carbons (Fsp3) is 0.174. The molecule has 0 saturated heterocycles. The Morgan fingerprint density at radius 3 is 2.50 bits per heavy atom. The lowest BCUT2D eigenvalue weighted by atomic mass is 10.1. The summed E-state index contributed by atoms with van der Waals surface area (Å²) in [4.78, 5) is 22.7. The van der Waals surface area contributed by atoms with Gasteiger partial charge < -0.3 is 9.64 Å². The molecule has 0 aliphatic carbocycles. The van der Waals surface area contributed by atoms with E-state index in [1.54, 1.807) is 0 Å². The molecule has 3 heterocycles. The fourth-order valence-corrected chi connectivity index (χ4v) is 4.00. The van der Waals surface area contributed by atoms with Gasteiger partial charge in [-0.2, -0.15) is 0 Å². The number of fused-ring (bicyclic) bond motifs is 3. The maximum absolute atomic E-state index is 11.7. The summed E-state index contributed by atoms with van der Waals surface area (Å²) in [7, 11) is 1.33. The second kappa shape index (κ2) is 8.05. The highest BCUT2D eigenvalue weighted by Crippen LogP contribution is 2.37. The molecule has 160 valence electrons. The molecule has 0 radical (unpaired) electrons. The van der Waals surface area contributed by atoms with Crippen LogP contribution in [-0.2, 0) is 11.2 Å². The maximum Gasteiger partial charge on any atom is 0.341 e. The molecular weight excluding hydrogens is 428 g/mol. The lowest BCUT2D eigenvalue weighted by molar-refractivity contribution is 0.0600. The van der Waals surface area contributed by atoms with E-state index in [0.29, 0.717) is 16.4 Å². The standard InChI is InChI=1S/C23H19ClN6O2/c1-14-27-28-21-9-10-29(18-6-4-17(24)5-7-18)20-11-15(3-8-19(20)30(14)21)22-25-12-16(13-26-22)23(31)32-2/h3-8,11-13H,9-10H2,1-2H3. The second-order valence-electron chi connectivity index (χ2n) is 7.37. The minimum absolute atomic E-state index is 0.304. The summed E-state index contributed by atoms with van der Waals surface area (Å²) in [6, 6.07) is 13.8. The summed E-state index contributed by atoms with van der Waals surface area (Å²) in [5.74, 6) is 1.78. The van der Waals surface area contributed by atoms with Gasteiger partial charge in [0.25, 0.3) is 0 Å². The molecule has 1 aliphatic rings. The van der Waals surface area contributed by atoms with Crippen LogP contribution in [0, 0.1) is 6.92 Å². The summed E-state index contributed by atoms with van der Waals surface area (Å²) in [5, 5.41) is 9.33. The molecule has 0 spiro atoms. The Bertz CT molecular complexity index is 1300. The van der Waals surface area contributed by atoms with Crippen molar-refractivity contribution in [2.75, 3.05) is 18.6 Å². The maximum atomic E-state index is 11.7. The Balaban J connectivity index is 1.64. The summed E-state index contributed by atoms with van der Waals surface area (Å²) < 4.78 is 6.81. The fourth-order valence-electron chi connectivity index (χ4n) is 3.87. The van der Waals surface area contributed by atoms with Crippen LogP contribution in [0.1, 0.15) is 22.0 Å². The Morgan fingerprint density at radius 2 is 1.78 bits per heavy atom. The van der Waals surface area contributed by atoms with E-state index in [2.05, 4.69) is 29.6 Å². The van der Waals surface area contributed by atoms with Crippen molar-refractivity contribution in [3.8, 4) is 17.1 Å². The molecule has 9 heteroatoms. The van der Waals surface area contributed by atoms with Gasteiger partial charge >= 0.3 is 5.97 Å². The van der Waals surface area contributed by atoms with Gasteiger partial charge in [0, 0.05) is 41.6 Å². The number of hydrogen-bond acceptors (Lipinski definition) is 7. The molecule has 2 aromatic carbocycles. The summed E-state index contributed by atoms with van der Waals surface area (Å²) >= 11 is 6.12. The third kappa shape index (κ3) is 3.48. The first-order valence-corrected chi connectivity index (χ1v) is 10.4. The van der Waals surface area contributed by atoms with Crippen LogP contribution >= 0.6 is 11.6 Å². The Kier molecular flexibility index (Phi) is 5.07. The molecule has 0 amide bonds. The van der Waals surface area contributed by atoms with Gasteiger partial charge in [-0.15, -0.1) is 10.2 Å². The number of benzene rings is 2. The average molecular weight is 447 g/mol. The molecule has 5 rings (SSSR count). The van der Waals surface area contributed by atoms with Gasteiger partial charge in [-0.05, 0) is 49.4 Å². The molecule has 0 saturated carbocycles. The molecule has 4 aromatic rings. The van der Waals surface area contributed by atoms with Crippen molar-refractivity contribution < 1.29 is 9.53 Å². The van der Waals surface area contributed by atoms with Crippen LogP contribution in [-0.4, -0.2) is 44.4 Å². The minimum Gasteiger partial charge on any atom is -0.465 e. The molecule has 0 atom stereocenters. The highest BCUT2D eigenvalue weighted by Gasteiger charge is 2.24. The predicted octanol–water partition coefficient (Wildman–Crippen LogP) is 4.17. The van der Waals surface area contributed by atoms with Crippen LogP contribution in [0.15, 0.2) is 54.9 Å². The van der Waals surface area contributed by atoms with Crippen LogP contribution < -0.4 is 4.90 Å². The van der Waals surface area contributed by atoms with E-state index in [9.17, 15) is 4.79 Å². The number of methoxy groups -OCH3 is 1. The van der Waals surface area contributed by atoms with E-state index in [1.165, 1.54) is 19.5 Å². The molecule has 2 aromatic heterocycles. The van der Waals surface area contributed by atoms with Gasteiger partial charge in [-0.25, -0.2) is 14.8 Å². The zero-order chi connectivity index (χ0) is 22.2. The van der Waals surface area contributed by atoms with Crippen molar-refractivity contribution >= 4 is 28.9 Å². The van der Waals surface area contributed by atoms with Crippen molar-refractivity contribution in [2.45, 2.75) is 13.3 Å². The molecule has 0 unspecified atom stereocenters. The van der Waals surface area contributed by atoms with Crippen molar-refractivity contribution in [2.24, 2.45) is 0 Å². The van der Waals surface area contributed by atoms with Crippen LogP contribution in [0.2, 0.25) is 5.02 Å². The number of carbonyl (C=O) groups is 1. The SMILES string of the molecule is COC(=O)c1cnc(-c2ccc3c(c2)N(c2ccc(Cl)cc2)CCc2nnc(C)n2-3)nc1. The number of aromatic nitrogens is 5. The van der Waals surface area contributed by atoms with Gasteiger partial charge in [0.1, 0.15) is 11.6 Å². The molecule has 0 fully saturated rings. The van der Waals surface area contributed by atoms with E-state index >= 15 is 0 Å². The van der Waals surface area contributed by atoms with Gasteiger partial charge in [-0.3, -0.25) is 4.57 Å². The predicted molar refractivity (Wildman–Crippen MR) is 121 cm³/mol. The third-order valence-corrected chi connectivity index (χ3v) is 5.68. The zero-order valence-corrected chi connectivity index (χ0v) is 18.2. The van der Waals surface area contributed by atoms with Crippen LogP contribution in [0.5, 0.6) is 0 Å². The molecule has 0 bridgehead atoms. The Labute approximate surface area is 189 Å². The summed E-state index contributed by atoms with van der Waals surface area (Å²) in [5.41, 5.74) is 4.11. The van der Waals surface area contributed by atoms with Gasteiger partial charge in [-0.1, -0.05) is 11.6 Å². The van der Waals surface area contributed by atoms with Crippen molar-refractivity contribution in [1.82, 2.24) is 24.7 Å². The first-order valence-electron chi connectivity index (χ1n) is 10.0. The summed E-state index contributed by atoms with van der Waals surface area (Å²) in [6.45, 7) is 2.67. The van der Waals surface area contributed by atoms with Crippen molar-refractivity contribution in [3.05, 3.63) is 77.1 Å². The Hall–Kier alpha value is -3.78. The first-order chi connectivity index (χ1) is 15.5. The average Bonchev–Trinajstić information content (AvgIpc) is 3.11. The first kappa shape index (κ1) is 20.1. The number of esters is 1. The molecular formula is C23H19ClN6O2. The number of carbonyl (C=O) groups excluding carboxylic acids is 1. The van der Waals surface area contributed by atoms with E-state index in [1.807, 2.05) is 49.4 Å². The lowest BCUT2D eigenvalue weighted by Crippen LogP contribution is -2.19. The van der Waals surface area contributed by atoms with Gasteiger partial charge in [0.2, 0.25) is 0 Å². The third-order valence-electron chi connectivity index (χ3n) is 5.43. The van der Waals surface area contributed by atoms with E-state index < -0.39 is 5.97 Å². The highest BCUT2D eigenvalue weighted by molar-refractivity contribution is 6.30. The monoisotopic (exact) mass is 446 g/mol. The molecule has 32 heavy (non-hydrogen) atoms. The second-order valence-corrected chi connectivity index (χ2v) is 7.80. The number of aryl methyl sites for hydroxylation is 1. The van der Waals surface area contributed by atoms with Crippen molar-refractivity contribution in [3.63, 3.8) is 0 Å². The quantitative estimate of drug-likeness (QED) is 0.436. The van der Waals surface area contributed by atoms with E-state index in [-0.39, 0.29) is 0 Å². The van der Waals surface area contributed by atoms with Crippen LogP contribution in [0.4, 0.5) is 11.4 Å². The van der Waals surface area contributed by atoms with Crippen LogP contribution in [0.25, 0.3) is 17.1 Å². The molecule has 0 N–H and O–H groups in total. The molecule has 1 aliphatic heterocycles. The highest BCUT2D eigenvalue weighted by atomic mass is 35.5. The number of anilines is 2. The smallest absolute Gasteiger partial charge is 0.341 e. The Morgan fingerprint density at radius 1 is 1.03 bits per heavy atom. The van der Waals surface area contributed by atoms with E-state index in [4.69, 9.17) is 16.3 Å². The normalized spacial score (nSPS) is 12.7. The van der Waals surface area contributed by atoms with Crippen LogP contribution in [0.3, 0.4) is 0 Å². The topological polar surface area (TPSA) is 86.0 Å². The van der Waals surface area contributed by atoms with Gasteiger partial charge in [0.05, 0.1) is 24.0 Å². The van der Waals surface area contributed by atoms with Crippen molar-refractivity contribution in [1.29, 1.82) is 0 Å².